The smallest absolute Gasteiger partial charge is 0.331 e. The Kier molecular flexibility index (Phi) is 4.56. The Morgan fingerprint density at radius 3 is 2.29 bits per heavy atom. The largest absolute Gasteiger partial charge is 0.493 e. The minimum atomic E-state index is -0.751. The van der Waals surface area contributed by atoms with Crippen molar-refractivity contribution in [3.05, 3.63) is 23.5 Å². The molecule has 6 aliphatic rings. The number of carbonyl (C=O) groups excluding carboxylic acids is 1. The molecule has 0 unspecified atom stereocenters. The molecule has 5 heteroatoms. The molecule has 0 heterocycles. The van der Waals surface area contributed by atoms with Crippen molar-refractivity contribution in [3.8, 4) is 5.75 Å². The molecule has 0 amide bonds. The van der Waals surface area contributed by atoms with E-state index in [4.69, 9.17) is 9.47 Å². The zero-order valence-corrected chi connectivity index (χ0v) is 18.6. The van der Waals surface area contributed by atoms with Crippen LogP contribution in [0.1, 0.15) is 82.6 Å². The number of hydrogen-bond donors (Lipinski definition) is 1. The second-order valence-electron chi connectivity index (χ2n) is 11.3. The van der Waals surface area contributed by atoms with E-state index in [1.165, 1.54) is 38.5 Å². The predicted molar refractivity (Wildman–Crippen MR) is 117 cm³/mol. The molecule has 1 aromatic rings. The molecule has 6 saturated carbocycles. The first-order valence-corrected chi connectivity index (χ1v) is 12.4. The minimum Gasteiger partial charge on any atom is -0.493 e. The fourth-order valence-corrected chi connectivity index (χ4v) is 7.24. The maximum atomic E-state index is 15.1. The second kappa shape index (κ2) is 7.11. The number of carbonyl (C=O) groups is 1. The lowest BCUT2D eigenvalue weighted by molar-refractivity contribution is -0.145. The minimum absolute atomic E-state index is 0.274. The quantitative estimate of drug-likeness (QED) is 0.532. The maximum Gasteiger partial charge on any atom is 0.331 e. The van der Waals surface area contributed by atoms with E-state index in [2.05, 4.69) is 5.32 Å². The number of nitrogens with one attached hydrogen (secondary N) is 1. The van der Waals surface area contributed by atoms with Gasteiger partial charge < -0.3 is 14.8 Å². The number of rotatable bonds is 8. The summed E-state index contributed by atoms with van der Waals surface area (Å²) in [5.41, 5.74) is 1.08. The Morgan fingerprint density at radius 1 is 1.10 bits per heavy atom. The van der Waals surface area contributed by atoms with Crippen molar-refractivity contribution in [2.45, 2.75) is 82.6 Å². The van der Waals surface area contributed by atoms with Gasteiger partial charge >= 0.3 is 5.97 Å². The van der Waals surface area contributed by atoms with Crippen molar-refractivity contribution < 1.29 is 18.7 Å². The Balaban J connectivity index is 1.21. The highest BCUT2D eigenvalue weighted by Gasteiger charge is 2.53. The first-order valence-electron chi connectivity index (χ1n) is 12.4. The Morgan fingerprint density at radius 2 is 1.74 bits per heavy atom. The van der Waals surface area contributed by atoms with E-state index >= 15 is 4.39 Å². The molecule has 1 N–H and O–H groups in total. The van der Waals surface area contributed by atoms with Gasteiger partial charge in [-0.2, -0.15) is 0 Å². The van der Waals surface area contributed by atoms with Gasteiger partial charge in [-0.05, 0) is 106 Å². The average molecular weight is 428 g/mol. The van der Waals surface area contributed by atoms with Crippen molar-refractivity contribution in [2.24, 2.45) is 23.2 Å². The monoisotopic (exact) mass is 427 g/mol. The van der Waals surface area contributed by atoms with Crippen molar-refractivity contribution in [2.75, 3.05) is 18.5 Å². The SMILES string of the molecule is CCOC(=O)C1(Nc2cc(C3CC3)c(OCC34CC5CC(CC(C5)C3)C4)cc2F)CC1. The third-order valence-corrected chi connectivity index (χ3v) is 8.61. The van der Waals surface area contributed by atoms with Crippen LogP contribution in [0.5, 0.6) is 5.75 Å². The average Bonchev–Trinajstić information content (AvgIpc) is 3.63. The highest BCUT2D eigenvalue weighted by Crippen LogP contribution is 2.60. The number of anilines is 1. The summed E-state index contributed by atoms with van der Waals surface area (Å²) in [7, 11) is 0. The van der Waals surface area contributed by atoms with Gasteiger partial charge in [0, 0.05) is 11.5 Å². The molecule has 0 saturated heterocycles. The number of hydrogen-bond acceptors (Lipinski definition) is 4. The van der Waals surface area contributed by atoms with Crippen LogP contribution in [0.2, 0.25) is 0 Å². The molecule has 1 aromatic carbocycles. The Hall–Kier alpha value is -1.78. The molecule has 7 rings (SSSR count). The van der Waals surface area contributed by atoms with Crippen molar-refractivity contribution in [3.63, 3.8) is 0 Å². The summed E-state index contributed by atoms with van der Waals surface area (Å²) in [6.45, 7) is 2.88. The van der Waals surface area contributed by atoms with Crippen LogP contribution in [-0.2, 0) is 9.53 Å². The number of halogens is 1. The summed E-state index contributed by atoms with van der Waals surface area (Å²) < 4.78 is 26.7. The van der Waals surface area contributed by atoms with Crippen LogP contribution in [0.4, 0.5) is 10.1 Å². The molecule has 4 nitrogen and oxygen atoms in total. The lowest BCUT2D eigenvalue weighted by atomic mass is 9.50. The first-order chi connectivity index (χ1) is 15.0. The molecule has 0 atom stereocenters. The molecule has 168 valence electrons. The summed E-state index contributed by atoms with van der Waals surface area (Å²) >= 11 is 0. The Labute approximate surface area is 184 Å². The van der Waals surface area contributed by atoms with E-state index in [-0.39, 0.29) is 11.8 Å². The molecule has 0 aliphatic heterocycles. The van der Waals surface area contributed by atoms with Crippen LogP contribution < -0.4 is 10.1 Å². The third kappa shape index (κ3) is 3.62. The Bertz CT molecular complexity index is 854. The molecule has 0 aromatic heterocycles. The topological polar surface area (TPSA) is 47.6 Å². The zero-order chi connectivity index (χ0) is 21.2. The number of esters is 1. The number of benzene rings is 1. The second-order valence-corrected chi connectivity index (χ2v) is 11.3. The highest BCUT2D eigenvalue weighted by atomic mass is 19.1. The predicted octanol–water partition coefficient (Wildman–Crippen LogP) is 5.81. The van der Waals surface area contributed by atoms with E-state index in [1.807, 2.05) is 6.07 Å². The van der Waals surface area contributed by atoms with E-state index in [9.17, 15) is 4.79 Å². The van der Waals surface area contributed by atoms with Crippen molar-refractivity contribution in [1.29, 1.82) is 0 Å². The fraction of sp³-hybridized carbons (Fsp3) is 0.731. The van der Waals surface area contributed by atoms with E-state index in [1.54, 1.807) is 13.0 Å². The van der Waals surface area contributed by atoms with Gasteiger partial charge in [0.2, 0.25) is 0 Å². The van der Waals surface area contributed by atoms with Crippen LogP contribution in [0.15, 0.2) is 12.1 Å². The lowest BCUT2D eigenvalue weighted by Gasteiger charge is -2.56. The van der Waals surface area contributed by atoms with Gasteiger partial charge in [0.1, 0.15) is 17.1 Å². The molecule has 6 fully saturated rings. The van der Waals surface area contributed by atoms with Gasteiger partial charge in [0.15, 0.2) is 0 Å². The number of ether oxygens (including phenoxy) is 2. The van der Waals surface area contributed by atoms with E-state index < -0.39 is 5.54 Å². The molecular weight excluding hydrogens is 393 g/mol. The molecule has 0 spiro atoms. The summed E-state index contributed by atoms with van der Waals surface area (Å²) in [6, 6.07) is 3.47. The highest BCUT2D eigenvalue weighted by molar-refractivity contribution is 5.88. The summed E-state index contributed by atoms with van der Waals surface area (Å²) in [4.78, 5) is 12.3. The third-order valence-electron chi connectivity index (χ3n) is 8.61. The summed E-state index contributed by atoms with van der Waals surface area (Å²) in [5, 5.41) is 3.18. The summed E-state index contributed by atoms with van der Waals surface area (Å²) in [6.07, 6.45) is 11.8. The molecular formula is C26H34FNO3. The summed E-state index contributed by atoms with van der Waals surface area (Å²) in [5.74, 6) is 3.23. The van der Waals surface area contributed by atoms with Gasteiger partial charge in [-0.3, -0.25) is 0 Å². The lowest BCUT2D eigenvalue weighted by Crippen LogP contribution is -2.48. The van der Waals surface area contributed by atoms with E-state index in [0.717, 1.165) is 48.5 Å². The van der Waals surface area contributed by atoms with Crippen LogP contribution >= 0.6 is 0 Å². The van der Waals surface area contributed by atoms with Gasteiger partial charge in [-0.25, -0.2) is 9.18 Å². The molecule has 4 bridgehead atoms. The van der Waals surface area contributed by atoms with Gasteiger partial charge in [-0.1, -0.05) is 0 Å². The van der Waals surface area contributed by atoms with Crippen LogP contribution in [0, 0.1) is 29.0 Å². The van der Waals surface area contributed by atoms with E-state index in [0.29, 0.717) is 36.5 Å². The van der Waals surface area contributed by atoms with Crippen LogP contribution in [0.25, 0.3) is 0 Å². The standard InChI is InChI=1S/C26H34FNO3/c1-2-30-24(29)26(5-6-26)28-22-10-20(19-3-4-19)23(11-21(22)27)31-15-25-12-16-7-17(13-25)9-18(8-16)14-25/h10-11,16-19,28H,2-9,12-15H2,1H3. The normalized spacial score (nSPS) is 34.5. The van der Waals surface area contributed by atoms with Gasteiger partial charge in [-0.15, -0.1) is 0 Å². The molecule has 0 radical (unpaired) electrons. The van der Waals surface area contributed by atoms with Crippen molar-refractivity contribution in [1.82, 2.24) is 0 Å². The van der Waals surface area contributed by atoms with Gasteiger partial charge in [0.05, 0.1) is 18.9 Å². The van der Waals surface area contributed by atoms with Crippen LogP contribution in [0.3, 0.4) is 0 Å². The first kappa shape index (κ1) is 19.9. The maximum absolute atomic E-state index is 15.1. The van der Waals surface area contributed by atoms with Crippen LogP contribution in [-0.4, -0.2) is 24.7 Å². The van der Waals surface area contributed by atoms with Crippen molar-refractivity contribution >= 4 is 11.7 Å². The molecule has 6 aliphatic carbocycles. The molecule has 31 heavy (non-hydrogen) atoms. The zero-order valence-electron chi connectivity index (χ0n) is 18.6. The van der Waals surface area contributed by atoms with Gasteiger partial charge in [0.25, 0.3) is 0 Å². The fourth-order valence-electron chi connectivity index (χ4n) is 7.24.